The van der Waals surface area contributed by atoms with Crippen LogP contribution in [0.1, 0.15) is 22.3 Å². The fraction of sp³-hybridized carbons (Fsp3) is 0.278. The fourth-order valence-electron chi connectivity index (χ4n) is 2.09. The van der Waals surface area contributed by atoms with E-state index in [4.69, 9.17) is 21.1 Å². The Hall–Kier alpha value is -2.20. The maximum absolute atomic E-state index is 11.7. The van der Waals surface area contributed by atoms with E-state index in [1.54, 1.807) is 18.2 Å². The Morgan fingerprint density at radius 2 is 1.91 bits per heavy atom. The molecule has 0 radical (unpaired) electrons. The Kier molecular flexibility index (Phi) is 6.29. The molecule has 23 heavy (non-hydrogen) atoms. The Bertz CT molecular complexity index is 656. The van der Waals surface area contributed by atoms with Crippen molar-refractivity contribution in [3.05, 3.63) is 58.6 Å². The normalized spacial score (nSPS) is 10.2. The average molecular weight is 334 g/mol. The van der Waals surface area contributed by atoms with Gasteiger partial charge >= 0.3 is 5.97 Å². The molecular formula is C18H20ClNO3. The molecule has 2 rings (SSSR count). The molecule has 0 saturated heterocycles. The van der Waals surface area contributed by atoms with Gasteiger partial charge in [0.2, 0.25) is 0 Å². The molecule has 4 nitrogen and oxygen atoms in total. The van der Waals surface area contributed by atoms with Crippen molar-refractivity contribution >= 4 is 23.3 Å². The molecule has 1 N–H and O–H groups in total. The number of esters is 1. The molecular weight excluding hydrogens is 314 g/mol. The molecule has 0 heterocycles. The van der Waals surface area contributed by atoms with E-state index in [1.165, 1.54) is 12.7 Å². The fourth-order valence-corrected chi connectivity index (χ4v) is 2.34. The monoisotopic (exact) mass is 333 g/mol. The summed E-state index contributed by atoms with van der Waals surface area (Å²) in [6.07, 6.45) is 0.777. The summed E-state index contributed by atoms with van der Waals surface area (Å²) in [6, 6.07) is 13.1. The number of carbonyl (C=O) groups excluding carboxylic acids is 1. The molecule has 0 amide bonds. The van der Waals surface area contributed by atoms with E-state index in [-0.39, 0.29) is 0 Å². The number of benzene rings is 2. The molecule has 0 atom stereocenters. The van der Waals surface area contributed by atoms with E-state index < -0.39 is 5.97 Å². The van der Waals surface area contributed by atoms with Crippen molar-refractivity contribution in [2.45, 2.75) is 13.3 Å². The van der Waals surface area contributed by atoms with Crippen LogP contribution in [0.15, 0.2) is 42.5 Å². The van der Waals surface area contributed by atoms with Crippen LogP contribution in [0.25, 0.3) is 0 Å². The molecule has 0 aliphatic carbocycles. The zero-order valence-electron chi connectivity index (χ0n) is 13.3. The van der Waals surface area contributed by atoms with Gasteiger partial charge in [-0.2, -0.15) is 0 Å². The standard InChI is InChI=1S/C18H20ClNO3/c1-13-7-9-14(10-8-13)23-12-4-11-20-17-15(18(21)22-2)5-3-6-16(17)19/h3,5-10,20H,4,11-12H2,1-2H3. The predicted molar refractivity (Wildman–Crippen MR) is 92.6 cm³/mol. The van der Waals surface area contributed by atoms with Gasteiger partial charge in [0.25, 0.3) is 0 Å². The van der Waals surface area contributed by atoms with E-state index in [2.05, 4.69) is 5.32 Å². The van der Waals surface area contributed by atoms with Crippen LogP contribution in [0, 0.1) is 6.92 Å². The van der Waals surface area contributed by atoms with Crippen molar-refractivity contribution in [3.63, 3.8) is 0 Å². The zero-order chi connectivity index (χ0) is 16.7. The zero-order valence-corrected chi connectivity index (χ0v) is 14.0. The number of para-hydroxylation sites is 1. The van der Waals surface area contributed by atoms with Gasteiger partial charge in [0.15, 0.2) is 0 Å². The number of carbonyl (C=O) groups is 1. The van der Waals surface area contributed by atoms with E-state index in [9.17, 15) is 4.79 Å². The van der Waals surface area contributed by atoms with Crippen molar-refractivity contribution in [2.24, 2.45) is 0 Å². The third-order valence-corrected chi connectivity index (χ3v) is 3.65. The summed E-state index contributed by atoms with van der Waals surface area (Å²) in [7, 11) is 1.35. The second kappa shape index (κ2) is 8.44. The van der Waals surface area contributed by atoms with Crippen molar-refractivity contribution in [1.82, 2.24) is 0 Å². The highest BCUT2D eigenvalue weighted by atomic mass is 35.5. The topological polar surface area (TPSA) is 47.6 Å². The number of aryl methyl sites for hydroxylation is 1. The smallest absolute Gasteiger partial charge is 0.340 e. The number of anilines is 1. The highest BCUT2D eigenvalue weighted by Crippen LogP contribution is 2.26. The summed E-state index contributed by atoms with van der Waals surface area (Å²) in [6.45, 7) is 3.25. The first-order chi connectivity index (χ1) is 11.1. The number of hydrogen-bond acceptors (Lipinski definition) is 4. The summed E-state index contributed by atoms with van der Waals surface area (Å²) in [5.74, 6) is 0.439. The molecule has 0 aliphatic rings. The summed E-state index contributed by atoms with van der Waals surface area (Å²) in [5, 5.41) is 3.67. The molecule has 0 fully saturated rings. The van der Waals surface area contributed by atoms with Gasteiger partial charge in [-0.25, -0.2) is 4.79 Å². The van der Waals surface area contributed by atoms with E-state index in [1.807, 2.05) is 31.2 Å². The van der Waals surface area contributed by atoms with Crippen LogP contribution in [-0.4, -0.2) is 26.2 Å². The Balaban J connectivity index is 1.84. The van der Waals surface area contributed by atoms with Crippen LogP contribution >= 0.6 is 11.6 Å². The third kappa shape index (κ3) is 4.89. The maximum Gasteiger partial charge on any atom is 0.340 e. The first-order valence-corrected chi connectivity index (χ1v) is 7.80. The van der Waals surface area contributed by atoms with Crippen LogP contribution in [0.4, 0.5) is 5.69 Å². The molecule has 2 aromatic rings. The Morgan fingerprint density at radius 1 is 1.17 bits per heavy atom. The lowest BCUT2D eigenvalue weighted by atomic mass is 10.1. The van der Waals surface area contributed by atoms with Crippen molar-refractivity contribution in [2.75, 3.05) is 25.6 Å². The lowest BCUT2D eigenvalue weighted by Crippen LogP contribution is -2.12. The van der Waals surface area contributed by atoms with Crippen LogP contribution in [0.2, 0.25) is 5.02 Å². The van der Waals surface area contributed by atoms with Crippen molar-refractivity contribution < 1.29 is 14.3 Å². The second-order valence-electron chi connectivity index (χ2n) is 5.10. The third-order valence-electron chi connectivity index (χ3n) is 3.33. The molecule has 0 spiro atoms. The summed E-state index contributed by atoms with van der Waals surface area (Å²) in [4.78, 5) is 11.7. The number of methoxy groups -OCH3 is 1. The van der Waals surface area contributed by atoms with Gasteiger partial charge in [-0.05, 0) is 37.6 Å². The summed E-state index contributed by atoms with van der Waals surface area (Å²) < 4.78 is 10.4. The predicted octanol–water partition coefficient (Wildman–Crippen LogP) is 4.32. The van der Waals surface area contributed by atoms with Gasteiger partial charge in [0, 0.05) is 6.54 Å². The lowest BCUT2D eigenvalue weighted by Gasteiger charge is -2.13. The lowest BCUT2D eigenvalue weighted by molar-refractivity contribution is 0.0602. The quantitative estimate of drug-likeness (QED) is 0.605. The van der Waals surface area contributed by atoms with Gasteiger partial charge in [-0.3, -0.25) is 0 Å². The number of rotatable bonds is 7. The van der Waals surface area contributed by atoms with Crippen molar-refractivity contribution in [1.29, 1.82) is 0 Å². The first-order valence-electron chi connectivity index (χ1n) is 7.42. The van der Waals surface area contributed by atoms with Gasteiger partial charge in [-0.15, -0.1) is 0 Å². The van der Waals surface area contributed by atoms with Gasteiger partial charge in [0.1, 0.15) is 5.75 Å². The summed E-state index contributed by atoms with van der Waals surface area (Å²) in [5.41, 5.74) is 2.23. The van der Waals surface area contributed by atoms with Gasteiger partial charge in [-0.1, -0.05) is 35.4 Å². The first kappa shape index (κ1) is 17.2. The minimum atomic E-state index is -0.411. The van der Waals surface area contributed by atoms with Gasteiger partial charge < -0.3 is 14.8 Å². The number of hydrogen-bond donors (Lipinski definition) is 1. The number of halogens is 1. The number of ether oxygens (including phenoxy) is 2. The average Bonchev–Trinajstić information content (AvgIpc) is 2.56. The Morgan fingerprint density at radius 3 is 2.61 bits per heavy atom. The molecule has 5 heteroatoms. The molecule has 0 unspecified atom stereocenters. The van der Waals surface area contributed by atoms with Gasteiger partial charge in [0.05, 0.1) is 30.0 Å². The van der Waals surface area contributed by atoms with E-state index >= 15 is 0 Å². The molecule has 122 valence electrons. The maximum atomic E-state index is 11.7. The number of nitrogens with one attached hydrogen (secondary N) is 1. The highest BCUT2D eigenvalue weighted by molar-refractivity contribution is 6.34. The molecule has 0 bridgehead atoms. The van der Waals surface area contributed by atoms with E-state index in [0.717, 1.165) is 12.2 Å². The second-order valence-corrected chi connectivity index (χ2v) is 5.50. The Labute approximate surface area is 141 Å². The molecule has 0 aromatic heterocycles. The van der Waals surface area contributed by atoms with Crippen LogP contribution in [0.5, 0.6) is 5.75 Å². The largest absolute Gasteiger partial charge is 0.494 e. The van der Waals surface area contributed by atoms with Crippen LogP contribution in [-0.2, 0) is 4.74 Å². The van der Waals surface area contributed by atoms with Crippen molar-refractivity contribution in [3.8, 4) is 5.75 Å². The SMILES string of the molecule is COC(=O)c1cccc(Cl)c1NCCCOc1ccc(C)cc1. The van der Waals surface area contributed by atoms with E-state index in [0.29, 0.717) is 29.4 Å². The minimum Gasteiger partial charge on any atom is -0.494 e. The van der Waals surface area contributed by atoms with Crippen LogP contribution in [0.3, 0.4) is 0 Å². The molecule has 0 aliphatic heterocycles. The highest BCUT2D eigenvalue weighted by Gasteiger charge is 2.13. The molecule has 0 saturated carbocycles. The molecule has 2 aromatic carbocycles. The summed E-state index contributed by atoms with van der Waals surface area (Å²) >= 11 is 6.15. The minimum absolute atomic E-state index is 0.411. The van der Waals surface area contributed by atoms with Crippen LogP contribution < -0.4 is 10.1 Å².